The third kappa shape index (κ3) is 4.71. The van der Waals surface area contributed by atoms with Crippen molar-refractivity contribution in [3.8, 4) is 11.4 Å². The quantitative estimate of drug-likeness (QED) is 0.425. The number of halogens is 1. The van der Waals surface area contributed by atoms with E-state index >= 15 is 0 Å². The molecule has 0 bridgehead atoms. The molecule has 0 aliphatic carbocycles. The first-order chi connectivity index (χ1) is 17.3. The van der Waals surface area contributed by atoms with Gasteiger partial charge in [-0.25, -0.2) is 18.9 Å². The van der Waals surface area contributed by atoms with Gasteiger partial charge in [-0.2, -0.15) is 10.2 Å². The number of hydrazine groups is 1. The standard InChI is InChI=1S/C25H25FN8O2/c1-25(2,3)22-12-23(34(32-22)17-7-5-4-6-8-17)30-24(35)29-16-9-10-21(18(26)11-16)36-33-15-27-13-19-20(33)14-28-31-19/h4-15,28,31H,1-3H3,(H2,29,30,35). The van der Waals surface area contributed by atoms with Crippen LogP contribution in [-0.2, 0) is 5.41 Å². The second kappa shape index (κ2) is 9.10. The molecule has 2 aliphatic heterocycles. The van der Waals surface area contributed by atoms with Gasteiger partial charge in [-0.1, -0.05) is 39.0 Å². The number of aliphatic imine (C=N–C) groups is 1. The van der Waals surface area contributed by atoms with Crippen LogP contribution in [0.25, 0.3) is 5.69 Å². The minimum atomic E-state index is -0.652. The summed E-state index contributed by atoms with van der Waals surface area (Å²) in [5.41, 5.74) is 8.72. The molecule has 0 atom stereocenters. The molecule has 0 saturated carbocycles. The van der Waals surface area contributed by atoms with Crippen molar-refractivity contribution in [3.05, 3.63) is 89.9 Å². The number of urea groups is 1. The van der Waals surface area contributed by atoms with E-state index in [0.29, 0.717) is 17.2 Å². The minimum absolute atomic E-state index is 0.0292. The Morgan fingerprint density at radius 1 is 1.08 bits per heavy atom. The van der Waals surface area contributed by atoms with E-state index in [1.165, 1.54) is 23.5 Å². The van der Waals surface area contributed by atoms with Crippen molar-refractivity contribution < 1.29 is 14.0 Å². The number of carbonyl (C=O) groups excluding carboxylic acids is 1. The number of hydrogen-bond donors (Lipinski definition) is 4. The number of nitrogens with one attached hydrogen (secondary N) is 4. The maximum Gasteiger partial charge on any atom is 0.324 e. The van der Waals surface area contributed by atoms with E-state index in [9.17, 15) is 9.18 Å². The van der Waals surface area contributed by atoms with Crippen molar-refractivity contribution in [2.75, 3.05) is 10.6 Å². The fourth-order valence-corrected chi connectivity index (χ4v) is 3.55. The van der Waals surface area contributed by atoms with E-state index in [4.69, 9.17) is 4.84 Å². The molecule has 36 heavy (non-hydrogen) atoms. The molecule has 11 heteroatoms. The number of nitrogens with zero attached hydrogens (tertiary/aromatic N) is 4. The van der Waals surface area contributed by atoms with Crippen LogP contribution < -0.4 is 26.3 Å². The third-order valence-corrected chi connectivity index (χ3v) is 5.41. The molecule has 0 unspecified atom stereocenters. The van der Waals surface area contributed by atoms with Gasteiger partial charge < -0.3 is 15.6 Å². The van der Waals surface area contributed by atoms with Gasteiger partial charge >= 0.3 is 6.03 Å². The van der Waals surface area contributed by atoms with E-state index < -0.39 is 11.8 Å². The number of para-hydroxylation sites is 1. The number of rotatable bonds is 5. The summed E-state index contributed by atoms with van der Waals surface area (Å²) in [5, 5.41) is 11.5. The van der Waals surface area contributed by atoms with Crippen molar-refractivity contribution in [2.24, 2.45) is 4.99 Å². The molecule has 3 heterocycles. The number of anilines is 2. The maximum atomic E-state index is 14.8. The maximum absolute atomic E-state index is 14.8. The van der Waals surface area contributed by atoms with Crippen molar-refractivity contribution >= 4 is 23.9 Å². The summed E-state index contributed by atoms with van der Waals surface area (Å²) in [6.07, 6.45) is 4.70. The first-order valence-corrected chi connectivity index (χ1v) is 11.2. The highest BCUT2D eigenvalue weighted by Crippen LogP contribution is 2.28. The SMILES string of the molecule is CC(C)(C)c1cc(NC(=O)Nc2ccc(ON3C=NC=C4NNC=C43)c(F)c2)n(-c2ccccc2)n1. The van der Waals surface area contributed by atoms with E-state index in [1.54, 1.807) is 23.1 Å². The fourth-order valence-electron chi connectivity index (χ4n) is 3.55. The monoisotopic (exact) mass is 488 g/mol. The molecule has 184 valence electrons. The van der Waals surface area contributed by atoms with Crippen molar-refractivity contribution in [1.29, 1.82) is 0 Å². The molecule has 1 aromatic heterocycles. The van der Waals surface area contributed by atoms with Gasteiger partial charge in [0.25, 0.3) is 0 Å². The predicted molar refractivity (Wildman–Crippen MR) is 135 cm³/mol. The Bertz CT molecular complexity index is 1390. The molecular weight excluding hydrogens is 463 g/mol. The van der Waals surface area contributed by atoms with Crippen LogP contribution in [0.3, 0.4) is 0 Å². The first kappa shape index (κ1) is 23.0. The predicted octanol–water partition coefficient (Wildman–Crippen LogP) is 4.38. The summed E-state index contributed by atoms with van der Waals surface area (Å²) in [5.74, 6) is -0.191. The molecule has 5 rings (SSSR count). The van der Waals surface area contributed by atoms with Gasteiger partial charge in [0.2, 0.25) is 0 Å². The Balaban J connectivity index is 1.30. The lowest BCUT2D eigenvalue weighted by molar-refractivity contribution is 0.0591. The molecule has 4 N–H and O–H groups in total. The van der Waals surface area contributed by atoms with Crippen LogP contribution in [-0.4, -0.2) is 27.2 Å². The summed E-state index contributed by atoms with van der Waals surface area (Å²) in [6, 6.07) is 14.9. The van der Waals surface area contributed by atoms with Crippen LogP contribution in [0, 0.1) is 5.82 Å². The lowest BCUT2D eigenvalue weighted by Crippen LogP contribution is -2.30. The molecule has 2 amide bonds. The number of hydroxylamine groups is 2. The molecule has 3 aromatic rings. The average molecular weight is 489 g/mol. The summed E-state index contributed by atoms with van der Waals surface area (Å²) < 4.78 is 16.5. The smallest absolute Gasteiger partial charge is 0.324 e. The number of hydrogen-bond acceptors (Lipinski definition) is 7. The van der Waals surface area contributed by atoms with Gasteiger partial charge in [0, 0.05) is 29.4 Å². The molecule has 10 nitrogen and oxygen atoms in total. The largest absolute Gasteiger partial charge is 0.371 e. The van der Waals surface area contributed by atoms with Gasteiger partial charge in [0.1, 0.15) is 23.6 Å². The van der Waals surface area contributed by atoms with Crippen LogP contribution in [0.1, 0.15) is 26.5 Å². The minimum Gasteiger partial charge on any atom is -0.371 e. The molecule has 0 radical (unpaired) electrons. The Hall–Kier alpha value is -4.80. The van der Waals surface area contributed by atoms with E-state index in [-0.39, 0.29) is 16.9 Å². The zero-order valence-electron chi connectivity index (χ0n) is 19.9. The summed E-state index contributed by atoms with van der Waals surface area (Å²) in [4.78, 5) is 22.5. The van der Waals surface area contributed by atoms with Crippen molar-refractivity contribution in [1.82, 2.24) is 25.7 Å². The Labute approximate surface area is 207 Å². The molecule has 2 aromatic carbocycles. The zero-order valence-corrected chi connectivity index (χ0v) is 19.9. The van der Waals surface area contributed by atoms with E-state index in [2.05, 4.69) is 31.6 Å². The molecular formula is C25H25FN8O2. The topological polar surface area (TPSA) is 108 Å². The molecule has 0 fully saturated rings. The number of fused-ring (bicyclic) bond motifs is 1. The molecule has 2 aliphatic rings. The Kier molecular flexibility index (Phi) is 5.80. The fraction of sp³-hybridized carbons (Fsp3) is 0.160. The van der Waals surface area contributed by atoms with Crippen LogP contribution in [0.4, 0.5) is 20.7 Å². The first-order valence-electron chi connectivity index (χ1n) is 11.2. The van der Waals surface area contributed by atoms with Gasteiger partial charge in [-0.3, -0.25) is 10.7 Å². The van der Waals surface area contributed by atoms with Crippen molar-refractivity contribution in [3.63, 3.8) is 0 Å². The second-order valence-electron chi connectivity index (χ2n) is 9.16. The molecule has 0 spiro atoms. The highest BCUT2D eigenvalue weighted by molar-refractivity contribution is 5.99. The van der Waals surface area contributed by atoms with E-state index in [1.807, 2.05) is 57.2 Å². The average Bonchev–Trinajstić information content (AvgIpc) is 3.49. The normalized spacial score (nSPS) is 14.3. The third-order valence-electron chi connectivity index (χ3n) is 5.41. The summed E-state index contributed by atoms with van der Waals surface area (Å²) in [7, 11) is 0. The lowest BCUT2D eigenvalue weighted by atomic mass is 9.92. The van der Waals surface area contributed by atoms with E-state index in [0.717, 1.165) is 11.4 Å². The molecule has 0 saturated heterocycles. The van der Waals surface area contributed by atoms with Crippen molar-refractivity contribution in [2.45, 2.75) is 26.2 Å². The lowest BCUT2D eigenvalue weighted by Gasteiger charge is -2.23. The van der Waals surface area contributed by atoms with Crippen LogP contribution in [0.5, 0.6) is 5.75 Å². The summed E-state index contributed by atoms with van der Waals surface area (Å²) >= 11 is 0. The highest BCUT2D eigenvalue weighted by Gasteiger charge is 2.24. The zero-order chi connectivity index (χ0) is 25.3. The summed E-state index contributed by atoms with van der Waals surface area (Å²) in [6.45, 7) is 6.14. The van der Waals surface area contributed by atoms with Crippen LogP contribution in [0.15, 0.2) is 83.4 Å². The highest BCUT2D eigenvalue weighted by atomic mass is 19.1. The number of carbonyl (C=O) groups is 1. The second-order valence-corrected chi connectivity index (χ2v) is 9.16. The number of aromatic nitrogens is 2. The Morgan fingerprint density at radius 3 is 2.64 bits per heavy atom. The van der Waals surface area contributed by atoms with Gasteiger partial charge in [-0.15, -0.1) is 0 Å². The van der Waals surface area contributed by atoms with Crippen LogP contribution in [0.2, 0.25) is 0 Å². The Morgan fingerprint density at radius 2 is 1.89 bits per heavy atom. The number of amides is 2. The number of benzene rings is 2. The van der Waals surface area contributed by atoms with Gasteiger partial charge in [0.15, 0.2) is 11.6 Å². The van der Waals surface area contributed by atoms with Crippen LogP contribution >= 0.6 is 0 Å². The van der Waals surface area contributed by atoms with Gasteiger partial charge in [-0.05, 0) is 24.3 Å². The van der Waals surface area contributed by atoms with Gasteiger partial charge in [0.05, 0.1) is 17.6 Å².